The van der Waals surface area contributed by atoms with E-state index in [4.69, 9.17) is 0 Å². The first-order chi connectivity index (χ1) is 7.59. The molecule has 0 atom stereocenters. The third-order valence-electron chi connectivity index (χ3n) is 2.80. The van der Waals surface area contributed by atoms with Crippen LogP contribution in [-0.4, -0.2) is 10.2 Å². The molecule has 0 unspecified atom stereocenters. The third-order valence-corrected chi connectivity index (χ3v) is 2.80. The summed E-state index contributed by atoms with van der Waals surface area (Å²) in [7, 11) is 0. The van der Waals surface area contributed by atoms with Crippen LogP contribution < -0.4 is 0 Å². The lowest BCUT2D eigenvalue weighted by atomic mass is 9.96. The summed E-state index contributed by atoms with van der Waals surface area (Å²) in [5.74, 6) is 0.208. The van der Waals surface area contributed by atoms with Crippen molar-refractivity contribution in [2.24, 2.45) is 0 Å². The largest absolute Gasteiger partial charge is 0.508 e. The number of phenolic OH excluding ortho intramolecular Hbond substituents is 2. The second kappa shape index (κ2) is 3.89. The summed E-state index contributed by atoms with van der Waals surface area (Å²) in [6.07, 6.45) is 0. The summed E-state index contributed by atoms with van der Waals surface area (Å²) in [6.45, 7) is 3.85. The molecule has 0 aromatic heterocycles. The highest BCUT2D eigenvalue weighted by Gasteiger charge is 2.09. The predicted octanol–water partition coefficient (Wildman–Crippen LogP) is 3.38. The Morgan fingerprint density at radius 3 is 2.25 bits per heavy atom. The van der Waals surface area contributed by atoms with Crippen LogP contribution in [0.2, 0.25) is 0 Å². The van der Waals surface area contributed by atoms with E-state index in [-0.39, 0.29) is 11.5 Å². The van der Waals surface area contributed by atoms with Gasteiger partial charge in [0.2, 0.25) is 0 Å². The van der Waals surface area contributed by atoms with Gasteiger partial charge in [0.1, 0.15) is 11.5 Å². The van der Waals surface area contributed by atoms with Gasteiger partial charge in [0.15, 0.2) is 0 Å². The second-order valence-corrected chi connectivity index (χ2v) is 3.95. The van der Waals surface area contributed by atoms with Crippen molar-refractivity contribution in [1.82, 2.24) is 0 Å². The Hall–Kier alpha value is -1.96. The van der Waals surface area contributed by atoms with Gasteiger partial charge in [0.05, 0.1) is 0 Å². The molecular formula is C14H14O2. The molecular weight excluding hydrogens is 200 g/mol. The maximum Gasteiger partial charge on any atom is 0.122 e. The van der Waals surface area contributed by atoms with Crippen molar-refractivity contribution in [3.63, 3.8) is 0 Å². The Labute approximate surface area is 94.8 Å². The molecule has 2 nitrogen and oxygen atoms in total. The zero-order valence-corrected chi connectivity index (χ0v) is 9.36. The minimum absolute atomic E-state index is 0.0846. The fraction of sp³-hybridized carbons (Fsp3) is 0.143. The maximum atomic E-state index is 9.67. The first-order valence-electron chi connectivity index (χ1n) is 5.18. The van der Waals surface area contributed by atoms with Gasteiger partial charge in [-0.1, -0.05) is 24.3 Å². The summed E-state index contributed by atoms with van der Waals surface area (Å²) < 4.78 is 0. The van der Waals surface area contributed by atoms with E-state index >= 15 is 0 Å². The number of hydrogen-bond donors (Lipinski definition) is 2. The maximum absolute atomic E-state index is 9.67. The van der Waals surface area contributed by atoms with Crippen molar-refractivity contribution in [1.29, 1.82) is 0 Å². The molecule has 0 bridgehead atoms. The van der Waals surface area contributed by atoms with Crippen LogP contribution in [0.3, 0.4) is 0 Å². The third kappa shape index (κ3) is 1.74. The first kappa shape index (κ1) is 10.6. The van der Waals surface area contributed by atoms with Crippen LogP contribution in [0.5, 0.6) is 11.5 Å². The van der Waals surface area contributed by atoms with E-state index in [0.717, 1.165) is 22.3 Å². The number of hydrogen-bond acceptors (Lipinski definition) is 2. The van der Waals surface area contributed by atoms with Gasteiger partial charge in [-0.15, -0.1) is 0 Å². The van der Waals surface area contributed by atoms with E-state index < -0.39 is 0 Å². The van der Waals surface area contributed by atoms with Crippen LogP contribution >= 0.6 is 0 Å². The molecule has 0 saturated carbocycles. The molecule has 82 valence electrons. The van der Waals surface area contributed by atoms with Gasteiger partial charge in [-0.3, -0.25) is 0 Å². The van der Waals surface area contributed by atoms with Gasteiger partial charge in [-0.25, -0.2) is 0 Å². The smallest absolute Gasteiger partial charge is 0.122 e. The van der Waals surface area contributed by atoms with Crippen molar-refractivity contribution in [2.45, 2.75) is 13.8 Å². The molecule has 0 aliphatic heterocycles. The number of phenols is 2. The SMILES string of the molecule is Cc1ccccc1-c1cc(O)cc(O)c1C. The number of rotatable bonds is 1. The molecule has 0 saturated heterocycles. The highest BCUT2D eigenvalue weighted by Crippen LogP contribution is 2.34. The van der Waals surface area contributed by atoms with Crippen LogP contribution in [0.25, 0.3) is 11.1 Å². The Morgan fingerprint density at radius 2 is 1.56 bits per heavy atom. The molecule has 16 heavy (non-hydrogen) atoms. The first-order valence-corrected chi connectivity index (χ1v) is 5.18. The van der Waals surface area contributed by atoms with Crippen molar-refractivity contribution < 1.29 is 10.2 Å². The molecule has 0 fully saturated rings. The van der Waals surface area contributed by atoms with Crippen LogP contribution in [0.15, 0.2) is 36.4 Å². The molecule has 0 heterocycles. The van der Waals surface area contributed by atoms with Crippen molar-refractivity contribution in [3.8, 4) is 22.6 Å². The van der Waals surface area contributed by atoms with Crippen LogP contribution in [0, 0.1) is 13.8 Å². The van der Waals surface area contributed by atoms with Gasteiger partial charge in [0.25, 0.3) is 0 Å². The highest BCUT2D eigenvalue weighted by molar-refractivity contribution is 5.73. The number of benzene rings is 2. The van der Waals surface area contributed by atoms with Crippen molar-refractivity contribution in [2.75, 3.05) is 0 Å². The molecule has 2 rings (SSSR count). The number of aryl methyl sites for hydroxylation is 1. The molecule has 0 aliphatic rings. The van der Waals surface area contributed by atoms with Crippen molar-refractivity contribution in [3.05, 3.63) is 47.5 Å². The van der Waals surface area contributed by atoms with E-state index in [1.165, 1.54) is 6.07 Å². The van der Waals surface area contributed by atoms with E-state index in [0.29, 0.717) is 0 Å². The van der Waals surface area contributed by atoms with Gasteiger partial charge in [0, 0.05) is 6.07 Å². The minimum atomic E-state index is 0.0846. The Kier molecular flexibility index (Phi) is 2.57. The monoisotopic (exact) mass is 214 g/mol. The Morgan fingerprint density at radius 1 is 0.875 bits per heavy atom. The molecule has 0 radical (unpaired) electrons. The predicted molar refractivity (Wildman–Crippen MR) is 64.7 cm³/mol. The van der Waals surface area contributed by atoms with E-state index in [1.807, 2.05) is 38.1 Å². The Balaban J connectivity index is 2.69. The van der Waals surface area contributed by atoms with Gasteiger partial charge in [-0.2, -0.15) is 0 Å². The average molecular weight is 214 g/mol. The van der Waals surface area contributed by atoms with Gasteiger partial charge >= 0.3 is 0 Å². The molecule has 0 amide bonds. The lowest BCUT2D eigenvalue weighted by Crippen LogP contribution is -1.87. The summed E-state index contributed by atoms with van der Waals surface area (Å²) in [6, 6.07) is 10.9. The lowest BCUT2D eigenvalue weighted by molar-refractivity contribution is 0.448. The second-order valence-electron chi connectivity index (χ2n) is 3.95. The van der Waals surface area contributed by atoms with E-state index in [9.17, 15) is 10.2 Å². The lowest BCUT2D eigenvalue weighted by Gasteiger charge is -2.11. The molecule has 2 heteroatoms. The summed E-state index contributed by atoms with van der Waals surface area (Å²) in [5, 5.41) is 19.2. The zero-order valence-electron chi connectivity index (χ0n) is 9.36. The minimum Gasteiger partial charge on any atom is -0.508 e. The van der Waals surface area contributed by atoms with Gasteiger partial charge < -0.3 is 10.2 Å². The highest BCUT2D eigenvalue weighted by atomic mass is 16.3. The molecule has 2 aromatic rings. The van der Waals surface area contributed by atoms with Crippen LogP contribution in [-0.2, 0) is 0 Å². The van der Waals surface area contributed by atoms with Crippen LogP contribution in [0.1, 0.15) is 11.1 Å². The molecule has 2 aromatic carbocycles. The fourth-order valence-electron chi connectivity index (χ4n) is 1.84. The summed E-state index contributed by atoms with van der Waals surface area (Å²) in [5.41, 5.74) is 3.81. The van der Waals surface area contributed by atoms with E-state index in [2.05, 4.69) is 0 Å². The molecule has 2 N–H and O–H groups in total. The van der Waals surface area contributed by atoms with Crippen LogP contribution in [0.4, 0.5) is 0 Å². The normalized spacial score (nSPS) is 10.4. The fourth-order valence-corrected chi connectivity index (χ4v) is 1.84. The average Bonchev–Trinajstić information content (AvgIpc) is 2.24. The summed E-state index contributed by atoms with van der Waals surface area (Å²) in [4.78, 5) is 0. The quantitative estimate of drug-likeness (QED) is 0.764. The topological polar surface area (TPSA) is 40.5 Å². The molecule has 0 aliphatic carbocycles. The summed E-state index contributed by atoms with van der Waals surface area (Å²) >= 11 is 0. The number of aromatic hydroxyl groups is 2. The molecule has 0 spiro atoms. The van der Waals surface area contributed by atoms with Gasteiger partial charge in [-0.05, 0) is 42.2 Å². The zero-order chi connectivity index (χ0) is 11.7. The Bertz CT molecular complexity index is 530. The standard InChI is InChI=1S/C14H14O2/c1-9-5-3-4-6-12(9)13-7-11(15)8-14(16)10(13)2/h3-8,15-16H,1-2H3. The van der Waals surface area contributed by atoms with E-state index in [1.54, 1.807) is 6.07 Å². The van der Waals surface area contributed by atoms with Crippen molar-refractivity contribution >= 4 is 0 Å².